The Morgan fingerprint density at radius 2 is 0.932 bits per heavy atom. The van der Waals surface area contributed by atoms with E-state index in [2.05, 4.69) is 46.5 Å². The van der Waals surface area contributed by atoms with Crippen LogP contribution >= 0.6 is 166 Å². The van der Waals surface area contributed by atoms with Crippen molar-refractivity contribution in [3.05, 3.63) is 231 Å². The molecule has 0 aliphatic carbocycles. The largest absolute Gasteiger partial charge is 0.479 e. The molecule has 6 N–H and O–H groups in total. The molecule has 630 valence electrons. The van der Waals surface area contributed by atoms with Crippen LogP contribution in [0.2, 0.25) is 20.1 Å². The third-order valence-electron chi connectivity index (χ3n) is 14.9. The Bertz CT molecular complexity index is 4900. The lowest BCUT2D eigenvalue weighted by Gasteiger charge is -2.14. The highest BCUT2D eigenvalue weighted by molar-refractivity contribution is 9.10. The molecule has 0 saturated carbocycles. The second kappa shape index (κ2) is 50.9. The fraction of sp³-hybridized carbons (Fsp3) is 0.169. The SMILES string of the molecule is C[C@H](Oc1ccc(Br)cc1-c1nnco1)C(=O)O.C[C@H](Oc1ccc(Cl)cc1-c1cccs1)C(=O)O.C[C@H](Oc1ccc(Cl)cc1-c1ccno1)C(=O)O.C[C@H](Oc1ccc(Cl)cc1-c1cnn(C)c1)C(=O)O.C[C@H](Oc1ccc(Cl)cc1-n1cccn1)C(=O)O.C[C@H](Oc1ccccc1-c1nc2ccccc2s1)C(=O)O.S.S.S.S.S.S. The lowest BCUT2D eigenvalue weighted by molar-refractivity contribution is -0.145. The number of para-hydroxylation sites is 2. The van der Waals surface area contributed by atoms with E-state index in [1.807, 2.05) is 66.2 Å². The molecule has 6 aromatic heterocycles. The number of rotatable bonds is 24. The normalized spacial score (nSPS) is 11.5. The van der Waals surface area contributed by atoms with Crippen molar-refractivity contribution in [3.63, 3.8) is 0 Å². The van der Waals surface area contributed by atoms with Crippen molar-refractivity contribution in [2.75, 3.05) is 0 Å². The van der Waals surface area contributed by atoms with Crippen molar-refractivity contribution in [2.45, 2.75) is 78.2 Å². The molecule has 13 rings (SSSR count). The highest BCUT2D eigenvalue weighted by Gasteiger charge is 2.24. The van der Waals surface area contributed by atoms with Gasteiger partial charge in [-0.3, -0.25) is 4.68 Å². The van der Waals surface area contributed by atoms with Gasteiger partial charge in [0, 0.05) is 77.8 Å². The quantitative estimate of drug-likeness (QED) is 0.0327. The van der Waals surface area contributed by atoms with Crippen LogP contribution in [0.3, 0.4) is 0 Å². The summed E-state index contributed by atoms with van der Waals surface area (Å²) in [5.74, 6) is -2.71. The molecule has 118 heavy (non-hydrogen) atoms. The zero-order valence-corrected chi connectivity index (χ0v) is 75.0. The fourth-order valence-electron chi connectivity index (χ4n) is 9.19. The van der Waals surface area contributed by atoms with Crippen LogP contribution in [-0.4, -0.2) is 143 Å². The average Bonchev–Trinajstić information content (AvgIpc) is 1.65. The maximum Gasteiger partial charge on any atom is 0.344 e. The predicted octanol–water partition coefficient (Wildman–Crippen LogP) is 18.6. The van der Waals surface area contributed by atoms with Crippen LogP contribution in [0.1, 0.15) is 41.5 Å². The zero-order valence-electron chi connectivity index (χ0n) is 62.8. The Balaban J connectivity index is 0.000000476. The van der Waals surface area contributed by atoms with Crippen LogP contribution in [-0.2, 0) is 35.8 Å². The molecule has 0 saturated heterocycles. The zero-order chi connectivity index (χ0) is 81.3. The minimum absolute atomic E-state index is 0. The molecule has 0 unspecified atom stereocenters. The maximum atomic E-state index is 11.0. The Hall–Kier alpha value is -9.74. The van der Waals surface area contributed by atoms with Crippen molar-refractivity contribution in [2.24, 2.45) is 7.05 Å². The number of halogens is 5. The van der Waals surface area contributed by atoms with Crippen molar-refractivity contribution < 1.29 is 96.8 Å². The summed E-state index contributed by atoms with van der Waals surface area (Å²) in [6, 6.07) is 47.6. The average molecular weight is 1910 g/mol. The molecular weight excluding hydrogens is 1840 g/mol. The summed E-state index contributed by atoms with van der Waals surface area (Å²) in [5, 5.41) is 77.3. The molecule has 0 aliphatic rings. The van der Waals surface area contributed by atoms with Gasteiger partial charge in [0.1, 0.15) is 45.2 Å². The number of carboxylic acids is 6. The summed E-state index contributed by atoms with van der Waals surface area (Å²) in [7, 11) is 1.80. The van der Waals surface area contributed by atoms with Gasteiger partial charge in [0.25, 0.3) is 5.89 Å². The van der Waals surface area contributed by atoms with Crippen LogP contribution in [0, 0.1) is 0 Å². The number of aromatic nitrogens is 8. The Labute approximate surface area is 753 Å². The maximum absolute atomic E-state index is 11.0. The molecule has 0 spiro atoms. The van der Waals surface area contributed by atoms with Crippen molar-refractivity contribution in [1.29, 1.82) is 0 Å². The van der Waals surface area contributed by atoms with Gasteiger partial charge in [0.05, 0.1) is 39.3 Å². The van der Waals surface area contributed by atoms with Gasteiger partial charge in [0.15, 0.2) is 42.4 Å². The molecule has 13 aromatic rings. The van der Waals surface area contributed by atoms with Gasteiger partial charge in [-0.25, -0.2) is 38.4 Å². The van der Waals surface area contributed by atoms with Crippen molar-refractivity contribution >= 4 is 212 Å². The molecule has 28 nitrogen and oxygen atoms in total. The van der Waals surface area contributed by atoms with Gasteiger partial charge in [-0.15, -0.1) is 32.9 Å². The van der Waals surface area contributed by atoms with E-state index in [1.165, 1.54) is 54.1 Å². The lowest BCUT2D eigenvalue weighted by atomic mass is 10.1. The van der Waals surface area contributed by atoms with Gasteiger partial charge in [-0.2, -0.15) is 91.2 Å². The van der Waals surface area contributed by atoms with Crippen LogP contribution in [0.5, 0.6) is 34.5 Å². The van der Waals surface area contributed by atoms with Crippen LogP contribution in [0.4, 0.5) is 0 Å². The van der Waals surface area contributed by atoms with Crippen molar-refractivity contribution in [3.8, 4) is 95.1 Å². The number of ether oxygens (including phenoxy) is 6. The predicted molar refractivity (Wildman–Crippen MR) is 485 cm³/mol. The summed E-state index contributed by atoms with van der Waals surface area (Å²) in [6.07, 6.45) is 3.90. The number of nitrogens with zero attached hydrogens (tertiary/aromatic N) is 8. The monoisotopic (exact) mass is 1910 g/mol. The van der Waals surface area contributed by atoms with E-state index in [4.69, 9.17) is 114 Å². The second-order valence-electron chi connectivity index (χ2n) is 23.2. The van der Waals surface area contributed by atoms with E-state index in [0.717, 1.165) is 41.3 Å². The Kier molecular flexibility index (Phi) is 45.0. The number of thiophene rings is 1. The van der Waals surface area contributed by atoms with Gasteiger partial charge in [0.2, 0.25) is 6.39 Å². The molecule has 0 amide bonds. The van der Waals surface area contributed by atoms with E-state index < -0.39 is 72.4 Å². The fourth-order valence-corrected chi connectivity index (χ4v) is 12.0. The summed E-state index contributed by atoms with van der Waals surface area (Å²) >= 11 is 30.2. The van der Waals surface area contributed by atoms with Gasteiger partial charge >= 0.3 is 35.8 Å². The van der Waals surface area contributed by atoms with E-state index >= 15 is 0 Å². The number of hydrogen-bond acceptors (Lipinski definition) is 22. The number of carbonyl (C=O) groups is 6. The van der Waals surface area contributed by atoms with E-state index in [0.29, 0.717) is 82.7 Å². The van der Waals surface area contributed by atoms with Gasteiger partial charge in [-0.05, 0) is 174 Å². The summed E-state index contributed by atoms with van der Waals surface area (Å²) in [5.41, 5.74) is 5.78. The first-order valence-corrected chi connectivity index (χ1v) is 36.9. The Morgan fingerprint density at radius 1 is 0.475 bits per heavy atom. The smallest absolute Gasteiger partial charge is 0.344 e. The van der Waals surface area contributed by atoms with Crippen LogP contribution in [0.15, 0.2) is 220 Å². The second-order valence-corrected chi connectivity index (χ2v) is 27.8. The van der Waals surface area contributed by atoms with Gasteiger partial charge in [-0.1, -0.05) is 97.8 Å². The summed E-state index contributed by atoms with van der Waals surface area (Å²) < 4.78 is 47.6. The first kappa shape index (κ1) is 104. The number of thiazole rings is 1. The van der Waals surface area contributed by atoms with Crippen LogP contribution in [0.25, 0.3) is 70.8 Å². The molecule has 6 atom stereocenters. The van der Waals surface area contributed by atoms with Crippen molar-refractivity contribution in [1.82, 2.24) is 39.9 Å². The van der Waals surface area contributed by atoms with Gasteiger partial charge < -0.3 is 68.0 Å². The number of carboxylic acid groups (broad SMARTS) is 6. The first-order chi connectivity index (χ1) is 53.4. The molecule has 7 aromatic carbocycles. The first-order valence-electron chi connectivity index (χ1n) is 32.9. The minimum Gasteiger partial charge on any atom is -0.479 e. The minimum atomic E-state index is -1.05. The molecular formula is C77H79BrCl4N8O20S8. The summed E-state index contributed by atoms with van der Waals surface area (Å²) in [6.45, 7) is 8.84. The third-order valence-corrected chi connectivity index (χ3v) is 18.3. The Morgan fingerprint density at radius 3 is 1.40 bits per heavy atom. The lowest BCUT2D eigenvalue weighted by Crippen LogP contribution is -2.23. The number of fused-ring (bicyclic) bond motifs is 1. The van der Waals surface area contributed by atoms with Crippen LogP contribution < -0.4 is 28.4 Å². The molecule has 0 fully saturated rings. The standard InChI is InChI=1S/C16H13NO3S.C13H13ClN2O3.C13H11ClO3S.C12H11ClN2O3.C12H10ClNO4.C11H9BrN2O4.6H2S/c1-10(16(18)19)20-13-8-4-2-6-11(13)15-17-12-7-3-5-9-14(12)21-15;1-8(13(17)18)19-12-4-3-10(14)5-11(12)9-6-15-16(2)7-9;1-8(13(15)16)17-11-5-4-9(14)7-10(11)12-3-2-6-18-12;1-8(12(16)17)18-11-4-3-9(13)7-10(11)15-6-2-5-14-15;1-7(12(15)16)17-10-3-2-8(13)6-9(10)11-4-5-14-18-11;1-6(11(15)16)18-9-3-2-7(12)4-8(9)10-14-13-5-17-10;;;;;;/h2-10H,1H3,(H,18,19);3-8H,1-2H3,(H,17,18);2-8H,1H3,(H,15,16);2-8H,1H3,(H,16,17);2-7H,1H3,(H,15,16);2-6H,1H3,(H,15,16);6*1H2/t10-;3*8-;7-;6-;;;;;;/m000000....../s1. The van der Waals surface area contributed by atoms with E-state index in [1.54, 1.807) is 167 Å². The number of benzene rings is 7. The number of hydrogen-bond donors (Lipinski definition) is 6. The molecule has 6 heterocycles. The highest BCUT2D eigenvalue weighted by atomic mass is 79.9. The number of aryl methyl sites for hydroxylation is 1. The highest BCUT2D eigenvalue weighted by Crippen LogP contribution is 2.40. The molecule has 0 aliphatic heterocycles. The van der Waals surface area contributed by atoms with E-state index in [-0.39, 0.29) is 86.9 Å². The molecule has 0 bridgehead atoms. The third kappa shape index (κ3) is 31.2. The number of aliphatic carboxylic acids is 6. The topological polar surface area (TPSA) is 393 Å². The molecule has 0 radical (unpaired) electrons. The summed E-state index contributed by atoms with van der Waals surface area (Å²) in [4.78, 5) is 70.6. The van der Waals surface area contributed by atoms with E-state index in [9.17, 15) is 28.8 Å². The molecule has 41 heteroatoms.